The minimum absolute atomic E-state index is 0.00901. The lowest BCUT2D eigenvalue weighted by atomic mass is 9.78. The fourth-order valence-corrected chi connectivity index (χ4v) is 7.92. The second-order valence-corrected chi connectivity index (χ2v) is 12.1. The van der Waals surface area contributed by atoms with E-state index >= 15 is 0 Å². The van der Waals surface area contributed by atoms with Crippen LogP contribution in [0.4, 0.5) is 0 Å². The van der Waals surface area contributed by atoms with Crippen LogP contribution in [0.1, 0.15) is 46.3 Å². The molecule has 0 radical (unpaired) electrons. The Hall–Kier alpha value is -2.10. The topological polar surface area (TPSA) is 79.8 Å². The van der Waals surface area contributed by atoms with Gasteiger partial charge < -0.3 is 9.64 Å². The number of aryl methyl sites for hydroxylation is 1. The number of amides is 1. The lowest BCUT2D eigenvalue weighted by Gasteiger charge is -2.39. The van der Waals surface area contributed by atoms with Gasteiger partial charge in [0.15, 0.2) is 0 Å². The first kappa shape index (κ1) is 25.0. The van der Waals surface area contributed by atoms with E-state index < -0.39 is 10.0 Å². The summed E-state index contributed by atoms with van der Waals surface area (Å²) >= 11 is 1.47. The molecule has 2 aliphatic rings. The lowest BCUT2D eigenvalue weighted by Crippen LogP contribution is -2.44. The highest BCUT2D eigenvalue weighted by atomic mass is 32.2. The highest BCUT2D eigenvalue weighted by Gasteiger charge is 2.46. The van der Waals surface area contributed by atoms with Crippen molar-refractivity contribution < 1.29 is 17.9 Å². The third kappa shape index (κ3) is 4.33. The second-order valence-electron chi connectivity index (χ2n) is 9.42. The molecule has 7 nitrogen and oxygen atoms in total. The number of aromatic nitrogens is 1. The number of hydrogen-bond donors (Lipinski definition) is 0. The Morgan fingerprint density at radius 3 is 2.44 bits per heavy atom. The average molecular weight is 504 g/mol. The van der Waals surface area contributed by atoms with Gasteiger partial charge in [0.1, 0.15) is 10.8 Å². The predicted octanol–water partition coefficient (Wildman–Crippen LogP) is 4.05. The van der Waals surface area contributed by atoms with Crippen LogP contribution in [0.15, 0.2) is 34.3 Å². The van der Waals surface area contributed by atoms with Gasteiger partial charge in [0.05, 0.1) is 17.6 Å². The number of benzene rings is 1. The first-order chi connectivity index (χ1) is 16.1. The SMILES string of the molecule is COc1cc(C)c(S(=O)(=O)N2CCC3(CCN(C(=O)c4cccnc4SC)CC3)C2)c(C)c1C. The van der Waals surface area contributed by atoms with Crippen LogP contribution in [0.5, 0.6) is 5.75 Å². The molecule has 34 heavy (non-hydrogen) atoms. The highest BCUT2D eigenvalue weighted by Crippen LogP contribution is 2.43. The third-order valence-corrected chi connectivity index (χ3v) is 10.4. The number of nitrogens with zero attached hydrogens (tertiary/aromatic N) is 3. The average Bonchev–Trinajstić information content (AvgIpc) is 3.25. The van der Waals surface area contributed by atoms with Crippen LogP contribution in [-0.4, -0.2) is 68.1 Å². The molecule has 0 N–H and O–H groups in total. The zero-order valence-corrected chi connectivity index (χ0v) is 22.2. The molecule has 184 valence electrons. The van der Waals surface area contributed by atoms with Crippen LogP contribution in [0.25, 0.3) is 0 Å². The molecule has 4 rings (SSSR count). The van der Waals surface area contributed by atoms with E-state index in [1.54, 1.807) is 23.7 Å². The van der Waals surface area contributed by atoms with Gasteiger partial charge in [0.2, 0.25) is 10.0 Å². The predicted molar refractivity (Wildman–Crippen MR) is 134 cm³/mol. The van der Waals surface area contributed by atoms with E-state index in [4.69, 9.17) is 4.74 Å². The molecule has 2 aliphatic heterocycles. The summed E-state index contributed by atoms with van der Waals surface area (Å²) in [5, 5.41) is 0.742. The van der Waals surface area contributed by atoms with Crippen LogP contribution in [0.3, 0.4) is 0 Å². The lowest BCUT2D eigenvalue weighted by molar-refractivity contribution is 0.0595. The Balaban J connectivity index is 1.49. The number of rotatable bonds is 5. The zero-order valence-electron chi connectivity index (χ0n) is 20.6. The van der Waals surface area contributed by atoms with Crippen molar-refractivity contribution in [3.05, 3.63) is 46.6 Å². The van der Waals surface area contributed by atoms with Crippen LogP contribution < -0.4 is 4.74 Å². The fourth-order valence-electron chi connectivity index (χ4n) is 5.34. The molecule has 0 atom stereocenters. The summed E-state index contributed by atoms with van der Waals surface area (Å²) in [6, 6.07) is 5.44. The molecule has 0 aliphatic carbocycles. The van der Waals surface area contributed by atoms with Crippen molar-refractivity contribution in [2.24, 2.45) is 5.41 Å². The molecule has 2 saturated heterocycles. The van der Waals surface area contributed by atoms with E-state index in [1.807, 2.05) is 44.1 Å². The van der Waals surface area contributed by atoms with Gasteiger partial charge in [-0.2, -0.15) is 4.31 Å². The number of carbonyl (C=O) groups excluding carboxylic acids is 1. The standard InChI is InChI=1S/C25H33N3O4S2/c1-17-15-21(32-4)18(2)19(3)22(17)34(30,31)28-14-10-25(16-28)8-12-27(13-9-25)24(29)20-7-6-11-26-23(20)33-5/h6-7,11,15H,8-10,12-14,16H2,1-5H3. The molecule has 1 amide bonds. The first-order valence-electron chi connectivity index (χ1n) is 11.6. The van der Waals surface area contributed by atoms with Crippen molar-refractivity contribution in [3.63, 3.8) is 0 Å². The van der Waals surface area contributed by atoms with E-state index in [1.165, 1.54) is 11.8 Å². The molecule has 0 saturated carbocycles. The van der Waals surface area contributed by atoms with Crippen LogP contribution >= 0.6 is 11.8 Å². The van der Waals surface area contributed by atoms with Gasteiger partial charge in [0.25, 0.3) is 5.91 Å². The maximum Gasteiger partial charge on any atom is 0.256 e. The minimum Gasteiger partial charge on any atom is -0.496 e. The summed E-state index contributed by atoms with van der Waals surface area (Å²) < 4.78 is 34.5. The van der Waals surface area contributed by atoms with Crippen molar-refractivity contribution >= 4 is 27.7 Å². The number of piperidine rings is 1. The Bertz CT molecular complexity index is 1200. The van der Waals surface area contributed by atoms with Crippen molar-refractivity contribution in [2.45, 2.75) is 50.0 Å². The quantitative estimate of drug-likeness (QED) is 0.573. The number of ether oxygens (including phenoxy) is 1. The molecule has 1 aromatic carbocycles. The summed E-state index contributed by atoms with van der Waals surface area (Å²) in [6.45, 7) is 7.87. The Morgan fingerprint density at radius 2 is 1.79 bits per heavy atom. The van der Waals surface area contributed by atoms with Gasteiger partial charge in [-0.05, 0) is 86.6 Å². The Kier molecular flexibility index (Phi) is 6.99. The fraction of sp³-hybridized carbons (Fsp3) is 0.520. The molecular formula is C25H33N3O4S2. The summed E-state index contributed by atoms with van der Waals surface area (Å²) in [4.78, 5) is 19.7. The normalized spacial score (nSPS) is 18.4. The summed E-state index contributed by atoms with van der Waals surface area (Å²) in [6.07, 6.45) is 6.06. The summed E-state index contributed by atoms with van der Waals surface area (Å²) in [5.74, 6) is 0.719. The second kappa shape index (κ2) is 9.51. The number of sulfonamides is 1. The maximum atomic E-state index is 13.7. The van der Waals surface area contributed by atoms with Crippen molar-refractivity contribution in [1.82, 2.24) is 14.2 Å². The largest absolute Gasteiger partial charge is 0.496 e. The molecule has 1 aromatic heterocycles. The molecule has 0 bridgehead atoms. The van der Waals surface area contributed by atoms with Gasteiger partial charge in [-0.3, -0.25) is 4.79 Å². The zero-order chi connectivity index (χ0) is 24.7. The maximum absolute atomic E-state index is 13.7. The van der Waals surface area contributed by atoms with E-state index in [0.717, 1.165) is 35.4 Å². The Labute approximate surface area is 206 Å². The van der Waals surface area contributed by atoms with Gasteiger partial charge in [-0.1, -0.05) is 0 Å². The van der Waals surface area contributed by atoms with E-state index in [2.05, 4.69) is 4.98 Å². The van der Waals surface area contributed by atoms with Gasteiger partial charge in [0, 0.05) is 32.4 Å². The van der Waals surface area contributed by atoms with Crippen LogP contribution in [0, 0.1) is 26.2 Å². The van der Waals surface area contributed by atoms with Crippen LogP contribution in [-0.2, 0) is 10.0 Å². The van der Waals surface area contributed by atoms with Crippen molar-refractivity contribution in [2.75, 3.05) is 39.5 Å². The van der Waals surface area contributed by atoms with Crippen LogP contribution in [0.2, 0.25) is 0 Å². The molecular weight excluding hydrogens is 470 g/mol. The highest BCUT2D eigenvalue weighted by molar-refractivity contribution is 7.98. The van der Waals surface area contributed by atoms with Gasteiger partial charge in [-0.25, -0.2) is 13.4 Å². The molecule has 2 fully saturated rings. The summed E-state index contributed by atoms with van der Waals surface area (Å²) in [7, 11) is -2.01. The van der Waals surface area contributed by atoms with Gasteiger partial charge >= 0.3 is 0 Å². The molecule has 3 heterocycles. The smallest absolute Gasteiger partial charge is 0.256 e. The number of methoxy groups -OCH3 is 1. The number of thioether (sulfide) groups is 1. The summed E-state index contributed by atoms with van der Waals surface area (Å²) in [5.41, 5.74) is 2.88. The number of pyridine rings is 1. The number of carbonyl (C=O) groups is 1. The van der Waals surface area contributed by atoms with E-state index in [-0.39, 0.29) is 11.3 Å². The van der Waals surface area contributed by atoms with Crippen molar-refractivity contribution in [1.29, 1.82) is 0 Å². The number of likely N-dealkylation sites (tertiary alicyclic amines) is 1. The molecule has 1 spiro atoms. The molecule has 0 unspecified atom stereocenters. The molecule has 2 aromatic rings. The Morgan fingerprint density at radius 1 is 1.12 bits per heavy atom. The van der Waals surface area contributed by atoms with Gasteiger partial charge in [-0.15, -0.1) is 11.8 Å². The number of hydrogen-bond acceptors (Lipinski definition) is 6. The van der Waals surface area contributed by atoms with Crippen molar-refractivity contribution in [3.8, 4) is 5.75 Å². The molecule has 9 heteroatoms. The third-order valence-electron chi connectivity index (χ3n) is 7.51. The van der Waals surface area contributed by atoms with E-state index in [9.17, 15) is 13.2 Å². The monoisotopic (exact) mass is 503 g/mol. The van der Waals surface area contributed by atoms with E-state index in [0.29, 0.717) is 48.0 Å². The minimum atomic E-state index is -3.62. The first-order valence-corrected chi connectivity index (χ1v) is 14.2.